The number of aliphatic hydroxyl groups is 1. The van der Waals surface area contributed by atoms with Crippen molar-refractivity contribution >= 4 is 23.3 Å². The van der Waals surface area contributed by atoms with Gasteiger partial charge in [0.25, 0.3) is 5.91 Å². The molecule has 0 aliphatic carbocycles. The van der Waals surface area contributed by atoms with Crippen LogP contribution in [0.1, 0.15) is 24.2 Å². The molecule has 0 radical (unpaired) electrons. The lowest BCUT2D eigenvalue weighted by Gasteiger charge is -2.22. The zero-order valence-electron chi connectivity index (χ0n) is 12.3. The first kappa shape index (κ1) is 15.6. The molecule has 3 rings (SSSR count). The Morgan fingerprint density at radius 3 is 2.74 bits per heavy atom. The molecule has 0 bridgehead atoms. The standard InChI is InChI=1S/C16H15FN2O3S/c1-16(10-6-7-23-9-10)14(21)19(15(22)18-16)8-13(20)11-4-2-3-5-12(11)17/h2-7,9,13,20H,8H2,1H3,(H,18,22)/t13-,16+/m1/s1. The number of thiophene rings is 1. The van der Waals surface area contributed by atoms with Crippen molar-refractivity contribution in [2.45, 2.75) is 18.6 Å². The number of carbonyl (C=O) groups is 2. The average molecular weight is 334 g/mol. The average Bonchev–Trinajstić information content (AvgIpc) is 3.12. The zero-order valence-corrected chi connectivity index (χ0v) is 13.1. The summed E-state index contributed by atoms with van der Waals surface area (Å²) in [6, 6.07) is 6.91. The monoisotopic (exact) mass is 334 g/mol. The van der Waals surface area contributed by atoms with E-state index in [1.807, 2.05) is 5.38 Å². The lowest BCUT2D eigenvalue weighted by atomic mass is 9.95. The second-order valence-corrected chi connectivity index (χ2v) is 6.30. The summed E-state index contributed by atoms with van der Waals surface area (Å²) < 4.78 is 13.7. The maximum Gasteiger partial charge on any atom is 0.325 e. The van der Waals surface area contributed by atoms with Gasteiger partial charge in [0.05, 0.1) is 12.6 Å². The van der Waals surface area contributed by atoms with Gasteiger partial charge in [-0.15, -0.1) is 0 Å². The third-order valence-corrected chi connectivity index (χ3v) is 4.68. The number of nitrogens with one attached hydrogen (secondary N) is 1. The summed E-state index contributed by atoms with van der Waals surface area (Å²) in [7, 11) is 0. The summed E-state index contributed by atoms with van der Waals surface area (Å²) in [6.07, 6.45) is -1.28. The minimum absolute atomic E-state index is 0.0530. The fraction of sp³-hybridized carbons (Fsp3) is 0.250. The zero-order chi connectivity index (χ0) is 16.6. The van der Waals surface area contributed by atoms with Gasteiger partial charge in [-0.05, 0) is 35.4 Å². The first-order valence-corrected chi connectivity index (χ1v) is 7.97. The second kappa shape index (κ2) is 5.75. The van der Waals surface area contributed by atoms with E-state index >= 15 is 0 Å². The molecule has 23 heavy (non-hydrogen) atoms. The van der Waals surface area contributed by atoms with Gasteiger partial charge in [-0.25, -0.2) is 9.18 Å². The summed E-state index contributed by atoms with van der Waals surface area (Å²) in [6.45, 7) is 1.32. The topological polar surface area (TPSA) is 69.6 Å². The van der Waals surface area contributed by atoms with Crippen LogP contribution >= 0.6 is 11.3 Å². The number of amides is 3. The number of aliphatic hydroxyl groups excluding tert-OH is 1. The number of hydrogen-bond acceptors (Lipinski definition) is 4. The Kier molecular flexibility index (Phi) is 3.91. The fourth-order valence-corrected chi connectivity index (χ4v) is 3.39. The van der Waals surface area contributed by atoms with Crippen molar-refractivity contribution in [2.24, 2.45) is 0 Å². The van der Waals surface area contributed by atoms with E-state index in [4.69, 9.17) is 0 Å². The highest BCUT2D eigenvalue weighted by atomic mass is 32.1. The van der Waals surface area contributed by atoms with E-state index < -0.39 is 29.4 Å². The number of urea groups is 1. The maximum atomic E-state index is 13.7. The molecule has 0 saturated carbocycles. The van der Waals surface area contributed by atoms with Crippen LogP contribution in [0.4, 0.5) is 9.18 Å². The van der Waals surface area contributed by atoms with Gasteiger partial charge >= 0.3 is 6.03 Å². The fourth-order valence-electron chi connectivity index (χ4n) is 2.62. The Bertz CT molecular complexity index is 750. The van der Waals surface area contributed by atoms with Crippen LogP contribution in [0.25, 0.3) is 0 Å². The van der Waals surface area contributed by atoms with Gasteiger partial charge in [0, 0.05) is 5.56 Å². The normalized spacial score (nSPS) is 22.3. The van der Waals surface area contributed by atoms with Crippen LogP contribution in [0.5, 0.6) is 0 Å². The molecule has 2 N–H and O–H groups in total. The van der Waals surface area contributed by atoms with Crippen molar-refractivity contribution in [3.63, 3.8) is 0 Å². The van der Waals surface area contributed by atoms with Crippen molar-refractivity contribution in [1.82, 2.24) is 10.2 Å². The predicted octanol–water partition coefficient (Wildman–Crippen LogP) is 2.39. The number of rotatable bonds is 4. The van der Waals surface area contributed by atoms with Crippen LogP contribution in [0, 0.1) is 5.82 Å². The Balaban J connectivity index is 1.83. The highest BCUT2D eigenvalue weighted by Crippen LogP contribution is 2.31. The molecular weight excluding hydrogens is 319 g/mol. The number of imide groups is 1. The summed E-state index contributed by atoms with van der Waals surface area (Å²) in [4.78, 5) is 25.7. The quantitative estimate of drug-likeness (QED) is 0.844. The third kappa shape index (κ3) is 2.62. The number of β-amino-alcohol motifs (C(OH)–C–C–N with tert-alkyl or cyclic N) is 1. The molecule has 3 amide bonds. The largest absolute Gasteiger partial charge is 0.386 e. The molecule has 5 nitrogen and oxygen atoms in total. The molecule has 120 valence electrons. The van der Waals surface area contributed by atoms with Crippen LogP contribution < -0.4 is 5.32 Å². The van der Waals surface area contributed by atoms with Crippen LogP contribution in [0.15, 0.2) is 41.1 Å². The molecule has 1 fully saturated rings. The highest BCUT2D eigenvalue weighted by molar-refractivity contribution is 7.08. The van der Waals surface area contributed by atoms with E-state index in [0.29, 0.717) is 5.56 Å². The molecule has 1 aliphatic heterocycles. The molecular formula is C16H15FN2O3S. The van der Waals surface area contributed by atoms with Crippen LogP contribution in [-0.4, -0.2) is 28.5 Å². The maximum absolute atomic E-state index is 13.7. The van der Waals surface area contributed by atoms with Gasteiger partial charge < -0.3 is 10.4 Å². The minimum atomic E-state index is -1.28. The Morgan fingerprint density at radius 1 is 1.35 bits per heavy atom. The van der Waals surface area contributed by atoms with Crippen molar-refractivity contribution < 1.29 is 19.1 Å². The van der Waals surface area contributed by atoms with Gasteiger partial charge in [-0.1, -0.05) is 18.2 Å². The smallest absolute Gasteiger partial charge is 0.325 e. The molecule has 1 aromatic heterocycles. The van der Waals surface area contributed by atoms with Crippen LogP contribution in [-0.2, 0) is 10.3 Å². The number of carbonyl (C=O) groups excluding carboxylic acids is 2. The van der Waals surface area contributed by atoms with Crippen molar-refractivity contribution in [1.29, 1.82) is 0 Å². The van der Waals surface area contributed by atoms with E-state index in [2.05, 4.69) is 5.32 Å². The Hall–Kier alpha value is -2.25. The molecule has 0 unspecified atom stereocenters. The summed E-state index contributed by atoms with van der Waals surface area (Å²) in [5.74, 6) is -1.04. The molecule has 2 heterocycles. The number of halogens is 1. The highest BCUT2D eigenvalue weighted by Gasteiger charge is 2.49. The molecule has 2 atom stereocenters. The summed E-state index contributed by atoms with van der Waals surface area (Å²) in [5.41, 5.74) is -0.424. The van der Waals surface area contributed by atoms with E-state index in [9.17, 15) is 19.1 Å². The first-order valence-electron chi connectivity index (χ1n) is 7.03. The molecule has 1 aromatic carbocycles. The molecule has 0 spiro atoms. The minimum Gasteiger partial charge on any atom is -0.386 e. The lowest BCUT2D eigenvalue weighted by Crippen LogP contribution is -2.41. The van der Waals surface area contributed by atoms with Gasteiger partial charge in [0.15, 0.2) is 0 Å². The van der Waals surface area contributed by atoms with Crippen molar-refractivity contribution in [2.75, 3.05) is 6.54 Å². The second-order valence-electron chi connectivity index (χ2n) is 5.52. The SMILES string of the molecule is C[C@@]1(c2ccsc2)NC(=O)N(C[C@@H](O)c2ccccc2F)C1=O. The lowest BCUT2D eigenvalue weighted by molar-refractivity contribution is -0.132. The first-order chi connectivity index (χ1) is 10.9. The molecule has 2 aromatic rings. The van der Waals surface area contributed by atoms with E-state index in [-0.39, 0.29) is 12.1 Å². The van der Waals surface area contributed by atoms with Crippen LogP contribution in [0.3, 0.4) is 0 Å². The van der Waals surface area contributed by atoms with E-state index in [1.165, 1.54) is 29.5 Å². The number of hydrogen-bond donors (Lipinski definition) is 2. The van der Waals surface area contributed by atoms with Crippen molar-refractivity contribution in [3.05, 3.63) is 58.0 Å². The molecule has 1 saturated heterocycles. The van der Waals surface area contributed by atoms with E-state index in [0.717, 1.165) is 4.90 Å². The van der Waals surface area contributed by atoms with Gasteiger partial charge in [0.2, 0.25) is 0 Å². The molecule has 1 aliphatic rings. The number of benzene rings is 1. The van der Waals surface area contributed by atoms with Gasteiger partial charge in [0.1, 0.15) is 11.4 Å². The third-order valence-electron chi connectivity index (χ3n) is 3.99. The summed E-state index contributed by atoms with van der Waals surface area (Å²) >= 11 is 1.42. The Labute approximate surface area is 136 Å². The van der Waals surface area contributed by atoms with E-state index in [1.54, 1.807) is 24.4 Å². The van der Waals surface area contributed by atoms with Crippen molar-refractivity contribution in [3.8, 4) is 0 Å². The predicted molar refractivity (Wildman–Crippen MR) is 83.3 cm³/mol. The Morgan fingerprint density at radius 2 is 2.09 bits per heavy atom. The molecule has 7 heteroatoms. The summed E-state index contributed by atoms with van der Waals surface area (Å²) in [5, 5.41) is 16.4. The van der Waals surface area contributed by atoms with Gasteiger partial charge in [-0.2, -0.15) is 11.3 Å². The number of nitrogens with zero attached hydrogens (tertiary/aromatic N) is 1. The van der Waals surface area contributed by atoms with Crippen LogP contribution in [0.2, 0.25) is 0 Å². The van der Waals surface area contributed by atoms with Gasteiger partial charge in [-0.3, -0.25) is 9.69 Å².